The van der Waals surface area contributed by atoms with Crippen LogP contribution in [-0.4, -0.2) is 55.5 Å². The number of carbonyl (C=O) groups is 2. The van der Waals surface area contributed by atoms with Crippen LogP contribution in [0.1, 0.15) is 12.5 Å². The van der Waals surface area contributed by atoms with E-state index in [0.29, 0.717) is 5.57 Å². The first-order valence-corrected chi connectivity index (χ1v) is 8.16. The zero-order valence-electron chi connectivity index (χ0n) is 14.1. The summed E-state index contributed by atoms with van der Waals surface area (Å²) < 4.78 is 34.1. The van der Waals surface area contributed by atoms with E-state index in [2.05, 4.69) is 10.6 Å². The molecule has 9 heteroatoms. The zero-order valence-corrected chi connectivity index (χ0v) is 14.1. The van der Waals surface area contributed by atoms with Crippen molar-refractivity contribution < 1.29 is 28.2 Å². The minimum Gasteiger partial charge on any atom is -0.442 e. The van der Waals surface area contributed by atoms with Gasteiger partial charge in [0.2, 0.25) is 5.91 Å². The molecule has 2 aliphatic rings. The molecule has 0 radical (unpaired) electrons. The van der Waals surface area contributed by atoms with Crippen molar-refractivity contribution in [3.05, 3.63) is 35.4 Å². The van der Waals surface area contributed by atoms with Gasteiger partial charge in [-0.2, -0.15) is 0 Å². The van der Waals surface area contributed by atoms with Gasteiger partial charge in [0.05, 0.1) is 30.9 Å². The first kappa shape index (κ1) is 18.3. The van der Waals surface area contributed by atoms with E-state index in [9.17, 15) is 18.4 Å². The van der Waals surface area contributed by atoms with Crippen molar-refractivity contribution in [3.63, 3.8) is 0 Å². The van der Waals surface area contributed by atoms with Gasteiger partial charge < -0.3 is 20.5 Å². The van der Waals surface area contributed by atoms with Crippen molar-refractivity contribution in [2.75, 3.05) is 31.1 Å². The summed E-state index contributed by atoms with van der Waals surface area (Å²) in [5, 5.41) is 14.6. The molecule has 26 heavy (non-hydrogen) atoms. The lowest BCUT2D eigenvalue weighted by atomic mass is 10.0. The summed E-state index contributed by atoms with van der Waals surface area (Å²) in [6.07, 6.45) is 0.257. The number of carbonyl (C=O) groups excluding carboxylic acids is 2. The topological polar surface area (TPSA) is 90.9 Å². The lowest BCUT2D eigenvalue weighted by molar-refractivity contribution is -0.119. The SMILES string of the molecule is CC(=O)NC[C@H]1CN(c2cc(F)c(C3=C[C@@H](CO)NC3)c(F)c2)C(=O)O1. The summed E-state index contributed by atoms with van der Waals surface area (Å²) >= 11 is 0. The van der Waals surface area contributed by atoms with Crippen LogP contribution in [0, 0.1) is 11.6 Å². The van der Waals surface area contributed by atoms with E-state index in [4.69, 9.17) is 9.84 Å². The van der Waals surface area contributed by atoms with Gasteiger partial charge in [-0.3, -0.25) is 9.69 Å². The molecule has 3 rings (SSSR count). The van der Waals surface area contributed by atoms with Crippen LogP contribution in [0.4, 0.5) is 19.3 Å². The average Bonchev–Trinajstić information content (AvgIpc) is 3.19. The number of amides is 2. The Labute approximate surface area is 148 Å². The summed E-state index contributed by atoms with van der Waals surface area (Å²) in [4.78, 5) is 24.0. The lowest BCUT2D eigenvalue weighted by Crippen LogP contribution is -2.33. The van der Waals surface area contributed by atoms with Gasteiger partial charge in [-0.25, -0.2) is 13.6 Å². The van der Waals surface area contributed by atoms with Crippen LogP contribution in [0.15, 0.2) is 18.2 Å². The third-order valence-corrected chi connectivity index (χ3v) is 4.27. The molecule has 1 aromatic carbocycles. The number of rotatable bonds is 5. The molecular weight excluding hydrogens is 348 g/mol. The second kappa shape index (κ2) is 7.38. The normalized spacial score (nSPS) is 22.4. The smallest absolute Gasteiger partial charge is 0.414 e. The van der Waals surface area contributed by atoms with Crippen molar-refractivity contribution in [1.29, 1.82) is 0 Å². The number of halogens is 2. The Morgan fingerprint density at radius 1 is 1.42 bits per heavy atom. The number of aliphatic hydroxyl groups excluding tert-OH is 1. The van der Waals surface area contributed by atoms with Crippen LogP contribution in [-0.2, 0) is 9.53 Å². The number of aliphatic hydroxyl groups is 1. The average molecular weight is 367 g/mol. The highest BCUT2D eigenvalue weighted by atomic mass is 19.1. The number of ether oxygens (including phenoxy) is 1. The molecule has 0 bridgehead atoms. The number of hydrogen-bond acceptors (Lipinski definition) is 5. The molecule has 3 N–H and O–H groups in total. The molecule has 140 valence electrons. The van der Waals surface area contributed by atoms with E-state index < -0.39 is 23.8 Å². The first-order chi connectivity index (χ1) is 12.4. The predicted octanol–water partition coefficient (Wildman–Crippen LogP) is 0.774. The Balaban J connectivity index is 1.80. The maximum atomic E-state index is 14.5. The van der Waals surface area contributed by atoms with Gasteiger partial charge in [-0.05, 0) is 17.7 Å². The molecule has 2 heterocycles. The summed E-state index contributed by atoms with van der Waals surface area (Å²) in [6.45, 7) is 1.62. The molecule has 0 spiro atoms. The van der Waals surface area contributed by atoms with Crippen LogP contribution in [0.5, 0.6) is 0 Å². The Kier molecular flexibility index (Phi) is 5.19. The van der Waals surface area contributed by atoms with Crippen molar-refractivity contribution in [2.24, 2.45) is 0 Å². The van der Waals surface area contributed by atoms with Gasteiger partial charge in [-0.15, -0.1) is 0 Å². The fraction of sp³-hybridized carbons (Fsp3) is 0.412. The molecule has 2 atom stereocenters. The van der Waals surface area contributed by atoms with E-state index in [1.165, 1.54) is 6.92 Å². The van der Waals surface area contributed by atoms with Crippen molar-refractivity contribution >= 4 is 23.3 Å². The van der Waals surface area contributed by atoms with Gasteiger partial charge >= 0.3 is 6.09 Å². The number of hydrogen-bond donors (Lipinski definition) is 3. The molecule has 1 saturated heterocycles. The summed E-state index contributed by atoms with van der Waals surface area (Å²) in [7, 11) is 0. The van der Waals surface area contributed by atoms with Crippen LogP contribution in [0.25, 0.3) is 5.57 Å². The van der Waals surface area contributed by atoms with Gasteiger partial charge in [0, 0.05) is 19.5 Å². The second-order valence-corrected chi connectivity index (χ2v) is 6.20. The number of anilines is 1. The third-order valence-electron chi connectivity index (χ3n) is 4.27. The Hall–Kier alpha value is -2.52. The molecule has 0 unspecified atom stereocenters. The largest absolute Gasteiger partial charge is 0.442 e. The second-order valence-electron chi connectivity index (χ2n) is 6.20. The van der Waals surface area contributed by atoms with Gasteiger partial charge in [-0.1, -0.05) is 6.08 Å². The third kappa shape index (κ3) is 3.68. The number of nitrogens with one attached hydrogen (secondary N) is 2. The summed E-state index contributed by atoms with van der Waals surface area (Å²) in [6, 6.07) is 1.81. The molecule has 2 aliphatic heterocycles. The summed E-state index contributed by atoms with van der Waals surface area (Å²) in [5.74, 6) is -1.87. The highest BCUT2D eigenvalue weighted by Gasteiger charge is 2.33. The van der Waals surface area contributed by atoms with Gasteiger partial charge in [0.1, 0.15) is 17.7 Å². The molecule has 0 aliphatic carbocycles. The molecule has 2 amide bonds. The Morgan fingerprint density at radius 2 is 2.12 bits per heavy atom. The highest BCUT2D eigenvalue weighted by Crippen LogP contribution is 2.30. The number of benzene rings is 1. The molecule has 0 aromatic heterocycles. The minimum absolute atomic E-state index is 0.0457. The molecular formula is C17H19F2N3O4. The Morgan fingerprint density at radius 3 is 2.69 bits per heavy atom. The van der Waals surface area contributed by atoms with Crippen LogP contribution in [0.2, 0.25) is 0 Å². The fourth-order valence-electron chi connectivity index (χ4n) is 3.01. The first-order valence-electron chi connectivity index (χ1n) is 8.16. The quantitative estimate of drug-likeness (QED) is 0.715. The molecule has 1 fully saturated rings. The molecule has 0 saturated carbocycles. The molecule has 7 nitrogen and oxygen atoms in total. The lowest BCUT2D eigenvalue weighted by Gasteiger charge is -2.15. The van der Waals surface area contributed by atoms with E-state index in [1.807, 2.05) is 0 Å². The van der Waals surface area contributed by atoms with Crippen molar-refractivity contribution in [2.45, 2.75) is 19.1 Å². The highest BCUT2D eigenvalue weighted by molar-refractivity contribution is 5.90. The maximum absolute atomic E-state index is 14.5. The van der Waals surface area contributed by atoms with Crippen LogP contribution >= 0.6 is 0 Å². The molecule has 1 aromatic rings. The monoisotopic (exact) mass is 367 g/mol. The number of cyclic esters (lactones) is 1. The van der Waals surface area contributed by atoms with E-state index in [0.717, 1.165) is 17.0 Å². The zero-order chi connectivity index (χ0) is 18.8. The van der Waals surface area contributed by atoms with Gasteiger partial charge in [0.25, 0.3) is 0 Å². The fourth-order valence-corrected chi connectivity index (χ4v) is 3.01. The number of nitrogens with zero attached hydrogens (tertiary/aromatic N) is 1. The standard InChI is InChI=1S/C17H19F2N3O4/c1-9(24)20-6-13-7-22(17(25)26-13)12-3-14(18)16(15(19)4-12)10-2-11(8-23)21-5-10/h2-4,11,13,21,23H,5-8H2,1H3,(H,20,24)/t11-,13-/m0/s1. The van der Waals surface area contributed by atoms with E-state index >= 15 is 0 Å². The maximum Gasteiger partial charge on any atom is 0.414 e. The van der Waals surface area contributed by atoms with Crippen molar-refractivity contribution in [3.8, 4) is 0 Å². The van der Waals surface area contributed by atoms with Crippen LogP contribution < -0.4 is 15.5 Å². The predicted molar refractivity (Wildman–Crippen MR) is 89.5 cm³/mol. The van der Waals surface area contributed by atoms with Gasteiger partial charge in [0.15, 0.2) is 0 Å². The summed E-state index contributed by atoms with van der Waals surface area (Å²) in [5.41, 5.74) is 0.280. The van der Waals surface area contributed by atoms with E-state index in [-0.39, 0.29) is 49.4 Å². The van der Waals surface area contributed by atoms with Crippen LogP contribution in [0.3, 0.4) is 0 Å². The Bertz CT molecular complexity index is 745. The minimum atomic E-state index is -0.801. The van der Waals surface area contributed by atoms with E-state index in [1.54, 1.807) is 6.08 Å². The van der Waals surface area contributed by atoms with Crippen molar-refractivity contribution in [1.82, 2.24) is 10.6 Å².